The quantitative estimate of drug-likeness (QED) is 0.865. The van der Waals surface area contributed by atoms with Crippen molar-refractivity contribution in [3.05, 3.63) is 65.7 Å². The van der Waals surface area contributed by atoms with E-state index in [0.29, 0.717) is 13.0 Å². The molecule has 1 unspecified atom stereocenters. The lowest BCUT2D eigenvalue weighted by molar-refractivity contribution is 0.113. The van der Waals surface area contributed by atoms with Crippen LogP contribution in [0.2, 0.25) is 0 Å². The molecule has 3 rings (SSSR count). The molecule has 4 nitrogen and oxygen atoms in total. The molecule has 1 atom stereocenters. The Morgan fingerprint density at radius 1 is 1.04 bits per heavy atom. The molecule has 2 aromatic rings. The van der Waals surface area contributed by atoms with Crippen molar-refractivity contribution in [1.29, 1.82) is 0 Å². The minimum atomic E-state index is -0.397. The number of anilines is 1. The second-order valence-electron chi connectivity index (χ2n) is 7.05. The van der Waals surface area contributed by atoms with Crippen molar-refractivity contribution in [1.82, 2.24) is 4.90 Å². The molecule has 1 aliphatic rings. The SMILES string of the molecule is COc1ccccc1CC(O)CN1C[CH]N(c2c(C)cccc2C)CC1. The molecular formula is C22H29N2O2. The molecule has 0 amide bonds. The van der Waals surface area contributed by atoms with Crippen LogP contribution in [0, 0.1) is 20.4 Å². The van der Waals surface area contributed by atoms with Crippen molar-refractivity contribution < 1.29 is 9.84 Å². The van der Waals surface area contributed by atoms with Gasteiger partial charge in [-0.3, -0.25) is 4.90 Å². The zero-order chi connectivity index (χ0) is 18.5. The van der Waals surface area contributed by atoms with Crippen LogP contribution in [0.3, 0.4) is 0 Å². The normalized spacial score (nSPS) is 16.5. The van der Waals surface area contributed by atoms with Crippen LogP contribution in [-0.2, 0) is 6.42 Å². The molecule has 1 heterocycles. The number of aryl methyl sites for hydroxylation is 2. The third kappa shape index (κ3) is 4.37. The second-order valence-corrected chi connectivity index (χ2v) is 7.05. The number of para-hydroxylation sites is 2. The third-order valence-electron chi connectivity index (χ3n) is 5.06. The predicted octanol–water partition coefficient (Wildman–Crippen LogP) is 3.20. The number of ether oxygens (including phenoxy) is 1. The van der Waals surface area contributed by atoms with Crippen LogP contribution in [0.15, 0.2) is 42.5 Å². The number of hydrogen-bond acceptors (Lipinski definition) is 4. The molecule has 0 aromatic heterocycles. The van der Waals surface area contributed by atoms with E-state index in [1.807, 2.05) is 24.3 Å². The molecule has 4 heteroatoms. The number of aliphatic hydroxyl groups is 1. The fourth-order valence-corrected chi connectivity index (χ4v) is 3.76. The Labute approximate surface area is 157 Å². The van der Waals surface area contributed by atoms with Crippen LogP contribution in [-0.4, -0.2) is 49.4 Å². The molecule has 2 aromatic carbocycles. The molecule has 1 aliphatic heterocycles. The summed E-state index contributed by atoms with van der Waals surface area (Å²) >= 11 is 0. The predicted molar refractivity (Wildman–Crippen MR) is 107 cm³/mol. The van der Waals surface area contributed by atoms with Crippen molar-refractivity contribution in [2.75, 3.05) is 38.2 Å². The minimum absolute atomic E-state index is 0.397. The first-order valence-electron chi connectivity index (χ1n) is 9.27. The molecule has 26 heavy (non-hydrogen) atoms. The highest BCUT2D eigenvalue weighted by atomic mass is 16.5. The number of rotatable bonds is 6. The fraction of sp³-hybridized carbons (Fsp3) is 0.409. The van der Waals surface area contributed by atoms with Crippen LogP contribution in [0.4, 0.5) is 5.69 Å². The summed E-state index contributed by atoms with van der Waals surface area (Å²) in [6, 6.07) is 14.3. The van der Waals surface area contributed by atoms with Gasteiger partial charge in [-0.25, -0.2) is 0 Å². The van der Waals surface area contributed by atoms with Crippen molar-refractivity contribution in [3.8, 4) is 5.75 Å². The number of methoxy groups -OCH3 is 1. The molecule has 1 fully saturated rings. The minimum Gasteiger partial charge on any atom is -0.496 e. The largest absolute Gasteiger partial charge is 0.496 e. The topological polar surface area (TPSA) is 35.9 Å². The lowest BCUT2D eigenvalue weighted by atomic mass is 10.1. The summed E-state index contributed by atoms with van der Waals surface area (Å²) in [5, 5.41) is 10.5. The van der Waals surface area contributed by atoms with Gasteiger partial charge in [0.25, 0.3) is 0 Å². The van der Waals surface area contributed by atoms with E-state index in [-0.39, 0.29) is 0 Å². The Balaban J connectivity index is 1.54. The molecule has 0 bridgehead atoms. The van der Waals surface area contributed by atoms with E-state index in [9.17, 15) is 5.11 Å². The number of piperazine rings is 1. The maximum Gasteiger partial charge on any atom is 0.122 e. The molecule has 0 spiro atoms. The monoisotopic (exact) mass is 353 g/mol. The van der Waals surface area contributed by atoms with E-state index in [2.05, 4.69) is 48.4 Å². The van der Waals surface area contributed by atoms with Crippen LogP contribution < -0.4 is 9.64 Å². The molecule has 1 N–H and O–H groups in total. The summed E-state index contributed by atoms with van der Waals surface area (Å²) in [6.07, 6.45) is 0.215. The average Bonchev–Trinajstić information content (AvgIpc) is 2.63. The van der Waals surface area contributed by atoms with E-state index in [1.165, 1.54) is 16.8 Å². The highest BCUT2D eigenvalue weighted by Crippen LogP contribution is 2.27. The smallest absolute Gasteiger partial charge is 0.122 e. The molecule has 1 saturated heterocycles. The van der Waals surface area contributed by atoms with Gasteiger partial charge in [0.05, 0.1) is 19.8 Å². The summed E-state index contributed by atoms with van der Waals surface area (Å²) in [5.41, 5.74) is 5.00. The molecule has 139 valence electrons. The van der Waals surface area contributed by atoms with Gasteiger partial charge in [0.15, 0.2) is 0 Å². The zero-order valence-corrected chi connectivity index (χ0v) is 16.0. The van der Waals surface area contributed by atoms with Gasteiger partial charge in [0.2, 0.25) is 0 Å². The van der Waals surface area contributed by atoms with E-state index in [4.69, 9.17) is 4.74 Å². The van der Waals surface area contributed by atoms with Crippen molar-refractivity contribution in [2.45, 2.75) is 26.4 Å². The van der Waals surface area contributed by atoms with Gasteiger partial charge in [-0.05, 0) is 36.6 Å². The van der Waals surface area contributed by atoms with Gasteiger partial charge in [-0.2, -0.15) is 0 Å². The maximum absolute atomic E-state index is 10.5. The van der Waals surface area contributed by atoms with Crippen molar-refractivity contribution >= 4 is 5.69 Å². The Morgan fingerprint density at radius 2 is 1.77 bits per heavy atom. The first-order valence-corrected chi connectivity index (χ1v) is 9.27. The van der Waals surface area contributed by atoms with E-state index >= 15 is 0 Å². The molecule has 0 saturated carbocycles. The number of β-amino-alcohol motifs (C(OH)–C–C–N with tert-alkyl or cyclic N) is 1. The summed E-state index contributed by atoms with van der Waals surface area (Å²) in [6.45, 7) is 10.0. The number of aliphatic hydroxyl groups excluding tert-OH is 1. The summed E-state index contributed by atoms with van der Waals surface area (Å²) in [5.74, 6) is 0.845. The van der Waals surface area contributed by atoms with Gasteiger partial charge in [0, 0.05) is 38.3 Å². The van der Waals surface area contributed by atoms with Gasteiger partial charge in [-0.15, -0.1) is 0 Å². The standard InChI is InChI=1S/C22H29N2O2/c1-17-7-6-8-18(2)22(17)24-13-11-23(12-14-24)16-20(25)15-19-9-4-5-10-21(19)26-3/h4-10,13,20,25H,11-12,14-16H2,1-3H3. The van der Waals surface area contributed by atoms with Crippen LogP contribution >= 0.6 is 0 Å². The van der Waals surface area contributed by atoms with Gasteiger partial charge in [-0.1, -0.05) is 36.4 Å². The Hall–Kier alpha value is -2.04. The Kier molecular flexibility index (Phi) is 6.17. The van der Waals surface area contributed by atoms with E-state index in [0.717, 1.165) is 30.9 Å². The number of hydrogen-bond donors (Lipinski definition) is 1. The average molecular weight is 353 g/mol. The maximum atomic E-state index is 10.5. The van der Waals surface area contributed by atoms with Crippen LogP contribution in [0.5, 0.6) is 5.75 Å². The van der Waals surface area contributed by atoms with Gasteiger partial charge < -0.3 is 14.7 Å². The fourth-order valence-electron chi connectivity index (χ4n) is 3.76. The summed E-state index contributed by atoms with van der Waals surface area (Å²) in [7, 11) is 1.67. The molecular weight excluding hydrogens is 324 g/mol. The lowest BCUT2D eigenvalue weighted by Gasteiger charge is -2.37. The molecule has 1 radical (unpaired) electrons. The molecule has 0 aliphatic carbocycles. The first-order chi connectivity index (χ1) is 12.6. The summed E-state index contributed by atoms with van der Waals surface area (Å²) < 4.78 is 5.38. The van der Waals surface area contributed by atoms with E-state index < -0.39 is 6.10 Å². The highest BCUT2D eigenvalue weighted by molar-refractivity contribution is 5.60. The summed E-state index contributed by atoms with van der Waals surface area (Å²) in [4.78, 5) is 4.66. The van der Waals surface area contributed by atoms with Crippen LogP contribution in [0.25, 0.3) is 0 Å². The van der Waals surface area contributed by atoms with Crippen molar-refractivity contribution in [3.63, 3.8) is 0 Å². The number of benzene rings is 2. The van der Waals surface area contributed by atoms with Gasteiger partial charge >= 0.3 is 0 Å². The van der Waals surface area contributed by atoms with Gasteiger partial charge in [0.1, 0.15) is 5.75 Å². The second kappa shape index (κ2) is 8.56. The zero-order valence-electron chi connectivity index (χ0n) is 16.0. The Morgan fingerprint density at radius 3 is 2.42 bits per heavy atom. The first kappa shape index (κ1) is 18.7. The third-order valence-corrected chi connectivity index (χ3v) is 5.06. The highest BCUT2D eigenvalue weighted by Gasteiger charge is 2.22. The van der Waals surface area contributed by atoms with Crippen molar-refractivity contribution in [2.24, 2.45) is 0 Å². The Bertz CT molecular complexity index is 704. The van der Waals surface area contributed by atoms with Crippen LogP contribution in [0.1, 0.15) is 16.7 Å². The lowest BCUT2D eigenvalue weighted by Crippen LogP contribution is -2.46. The van der Waals surface area contributed by atoms with E-state index in [1.54, 1.807) is 7.11 Å². The number of nitrogens with zero attached hydrogens (tertiary/aromatic N) is 2.